The van der Waals surface area contributed by atoms with E-state index in [4.69, 9.17) is 11.6 Å². The Morgan fingerprint density at radius 2 is 2.16 bits per heavy atom. The van der Waals surface area contributed by atoms with Crippen molar-refractivity contribution in [1.82, 2.24) is 29.9 Å². The van der Waals surface area contributed by atoms with E-state index >= 15 is 0 Å². The molecule has 0 fully saturated rings. The number of fused-ring (bicyclic) bond motifs is 1. The molecule has 0 bridgehead atoms. The molecule has 0 unspecified atom stereocenters. The summed E-state index contributed by atoms with van der Waals surface area (Å²) in [5, 5.41) is 1.09. The van der Waals surface area contributed by atoms with Crippen LogP contribution in [0.4, 0.5) is 0 Å². The Labute approximate surface area is 115 Å². The molecule has 3 aromatic heterocycles. The molecule has 2 N–H and O–H groups in total. The van der Waals surface area contributed by atoms with E-state index in [1.54, 1.807) is 6.92 Å². The van der Waals surface area contributed by atoms with Crippen LogP contribution in [0.1, 0.15) is 5.69 Å². The zero-order valence-electron chi connectivity index (χ0n) is 9.64. The SMILES string of the molecule is Cc1cc(=O)[nH]c(Sc2nc(Cl)nc3nc[nH]c23)n1. The van der Waals surface area contributed by atoms with Gasteiger partial charge in [-0.25, -0.2) is 15.0 Å². The summed E-state index contributed by atoms with van der Waals surface area (Å²) in [6, 6.07) is 1.42. The van der Waals surface area contributed by atoms with Gasteiger partial charge in [-0.3, -0.25) is 4.79 Å². The highest BCUT2D eigenvalue weighted by Gasteiger charge is 2.12. The fourth-order valence-electron chi connectivity index (χ4n) is 1.55. The first-order valence-corrected chi connectivity index (χ1v) is 6.44. The number of hydrogen-bond acceptors (Lipinski definition) is 6. The van der Waals surface area contributed by atoms with Crippen molar-refractivity contribution in [1.29, 1.82) is 0 Å². The molecule has 9 heteroatoms. The maximum Gasteiger partial charge on any atom is 0.251 e. The van der Waals surface area contributed by atoms with Gasteiger partial charge in [-0.2, -0.15) is 4.98 Å². The smallest absolute Gasteiger partial charge is 0.251 e. The molecule has 0 aromatic carbocycles. The number of H-pyrrole nitrogens is 2. The molecule has 3 aromatic rings. The van der Waals surface area contributed by atoms with E-state index in [-0.39, 0.29) is 10.8 Å². The van der Waals surface area contributed by atoms with Crippen LogP contribution in [0.5, 0.6) is 0 Å². The van der Waals surface area contributed by atoms with E-state index < -0.39 is 0 Å². The van der Waals surface area contributed by atoms with Crippen molar-refractivity contribution in [3.63, 3.8) is 0 Å². The summed E-state index contributed by atoms with van der Waals surface area (Å²) in [5.74, 6) is 0. The van der Waals surface area contributed by atoms with Crippen LogP contribution in [0.3, 0.4) is 0 Å². The van der Waals surface area contributed by atoms with Crippen LogP contribution in [0.25, 0.3) is 11.2 Å². The average molecular weight is 295 g/mol. The first-order chi connectivity index (χ1) is 9.11. The van der Waals surface area contributed by atoms with Gasteiger partial charge in [0.25, 0.3) is 5.56 Å². The molecule has 0 saturated carbocycles. The zero-order valence-corrected chi connectivity index (χ0v) is 11.2. The molecule has 0 aliphatic rings. The predicted molar refractivity (Wildman–Crippen MR) is 70.4 cm³/mol. The third-order valence-corrected chi connectivity index (χ3v) is 3.31. The lowest BCUT2D eigenvalue weighted by Crippen LogP contribution is -2.08. The molecule has 3 heterocycles. The molecular weight excluding hydrogens is 288 g/mol. The number of nitrogens with one attached hydrogen (secondary N) is 2. The molecule has 0 aliphatic heterocycles. The van der Waals surface area contributed by atoms with E-state index in [1.165, 1.54) is 24.2 Å². The largest absolute Gasteiger partial charge is 0.341 e. The molecule has 0 aliphatic carbocycles. The monoisotopic (exact) mass is 294 g/mol. The van der Waals surface area contributed by atoms with Crippen molar-refractivity contribution in [2.24, 2.45) is 0 Å². The van der Waals surface area contributed by atoms with Crippen LogP contribution >= 0.6 is 23.4 Å². The molecule has 19 heavy (non-hydrogen) atoms. The minimum Gasteiger partial charge on any atom is -0.341 e. The van der Waals surface area contributed by atoms with E-state index in [9.17, 15) is 4.79 Å². The fraction of sp³-hybridized carbons (Fsp3) is 0.100. The Balaban J connectivity index is 2.09. The molecule has 7 nitrogen and oxygen atoms in total. The minimum absolute atomic E-state index is 0.0945. The van der Waals surface area contributed by atoms with Gasteiger partial charge < -0.3 is 9.97 Å². The summed E-state index contributed by atoms with van der Waals surface area (Å²) < 4.78 is 0. The zero-order chi connectivity index (χ0) is 13.4. The Kier molecular flexibility index (Phi) is 2.96. The summed E-state index contributed by atoms with van der Waals surface area (Å²) >= 11 is 7.02. The highest BCUT2D eigenvalue weighted by Crippen LogP contribution is 2.28. The Morgan fingerprint density at radius 3 is 2.95 bits per heavy atom. The number of imidazole rings is 1. The van der Waals surface area contributed by atoms with Gasteiger partial charge in [0.15, 0.2) is 10.8 Å². The molecule has 0 spiro atoms. The van der Waals surface area contributed by atoms with Gasteiger partial charge in [-0.15, -0.1) is 0 Å². The van der Waals surface area contributed by atoms with Gasteiger partial charge in [0.1, 0.15) is 10.5 Å². The van der Waals surface area contributed by atoms with Crippen molar-refractivity contribution < 1.29 is 0 Å². The van der Waals surface area contributed by atoms with Crippen molar-refractivity contribution in [3.05, 3.63) is 33.7 Å². The first-order valence-electron chi connectivity index (χ1n) is 5.24. The Morgan fingerprint density at radius 1 is 1.32 bits per heavy atom. The van der Waals surface area contributed by atoms with Crippen molar-refractivity contribution in [3.8, 4) is 0 Å². The Hall–Kier alpha value is -1.93. The van der Waals surface area contributed by atoms with Crippen LogP contribution in [0, 0.1) is 6.92 Å². The third kappa shape index (κ3) is 2.45. The number of hydrogen-bond donors (Lipinski definition) is 2. The van der Waals surface area contributed by atoms with Gasteiger partial charge in [0, 0.05) is 11.8 Å². The second kappa shape index (κ2) is 4.63. The standard InChI is InChI=1S/C10H7ClN6OS/c1-4-2-5(18)15-10(14-4)19-8-6-7(13-3-12-6)16-9(11)17-8/h2-3H,1H3,(H,14,15,18)(H,12,13,16,17). The van der Waals surface area contributed by atoms with Gasteiger partial charge in [0.2, 0.25) is 5.28 Å². The topological polar surface area (TPSA) is 100 Å². The van der Waals surface area contributed by atoms with Crippen LogP contribution in [0.2, 0.25) is 5.28 Å². The molecule has 0 atom stereocenters. The Bertz CT molecular complexity index is 813. The van der Waals surface area contributed by atoms with E-state index in [2.05, 4.69) is 29.9 Å². The molecule has 0 radical (unpaired) electrons. The highest BCUT2D eigenvalue weighted by atomic mass is 35.5. The van der Waals surface area contributed by atoms with Gasteiger partial charge >= 0.3 is 0 Å². The van der Waals surface area contributed by atoms with Crippen molar-refractivity contribution in [2.75, 3.05) is 0 Å². The normalized spacial score (nSPS) is 11.1. The van der Waals surface area contributed by atoms with Crippen molar-refractivity contribution >= 4 is 34.5 Å². The quantitative estimate of drug-likeness (QED) is 0.549. The third-order valence-electron chi connectivity index (χ3n) is 2.27. The van der Waals surface area contributed by atoms with E-state index in [0.717, 1.165) is 0 Å². The number of rotatable bonds is 2. The molecular formula is C10H7ClN6OS. The lowest BCUT2D eigenvalue weighted by atomic mass is 10.5. The average Bonchev–Trinajstić information content (AvgIpc) is 2.75. The van der Waals surface area contributed by atoms with E-state index in [1.807, 2.05) is 0 Å². The fourth-order valence-corrected chi connectivity index (χ4v) is 2.67. The summed E-state index contributed by atoms with van der Waals surface area (Å²) in [6.07, 6.45) is 1.51. The van der Waals surface area contributed by atoms with Gasteiger partial charge in [-0.05, 0) is 30.3 Å². The molecule has 0 saturated heterocycles. The van der Waals surface area contributed by atoms with Gasteiger partial charge in [0.05, 0.1) is 6.33 Å². The highest BCUT2D eigenvalue weighted by molar-refractivity contribution is 7.99. The maximum absolute atomic E-state index is 11.4. The second-order valence-corrected chi connectivity index (χ2v) is 5.01. The van der Waals surface area contributed by atoms with Crippen molar-refractivity contribution in [2.45, 2.75) is 17.1 Å². The lowest BCUT2D eigenvalue weighted by Gasteiger charge is -2.02. The van der Waals surface area contributed by atoms with Crippen LogP contribution in [-0.2, 0) is 0 Å². The second-order valence-electron chi connectivity index (χ2n) is 3.69. The van der Waals surface area contributed by atoms with Crippen LogP contribution in [0.15, 0.2) is 27.4 Å². The summed E-state index contributed by atoms with van der Waals surface area (Å²) in [4.78, 5) is 33.3. The number of nitrogens with zero attached hydrogens (tertiary/aromatic N) is 4. The minimum atomic E-state index is -0.212. The number of aromatic nitrogens is 6. The number of aryl methyl sites for hydroxylation is 1. The summed E-state index contributed by atoms with van der Waals surface area (Å²) in [6.45, 7) is 1.75. The van der Waals surface area contributed by atoms with E-state index in [0.29, 0.717) is 27.0 Å². The van der Waals surface area contributed by atoms with Crippen LogP contribution in [-0.4, -0.2) is 29.9 Å². The van der Waals surface area contributed by atoms with Crippen LogP contribution < -0.4 is 5.56 Å². The predicted octanol–water partition coefficient (Wildman–Crippen LogP) is 1.55. The molecule has 3 rings (SSSR count). The summed E-state index contributed by atoms with van der Waals surface area (Å²) in [7, 11) is 0. The molecule has 0 amide bonds. The summed E-state index contributed by atoms with van der Waals surface area (Å²) in [5.41, 5.74) is 1.54. The maximum atomic E-state index is 11.4. The number of halogens is 1. The first kappa shape index (κ1) is 12.1. The lowest BCUT2D eigenvalue weighted by molar-refractivity contribution is 0.902. The number of aromatic amines is 2. The van der Waals surface area contributed by atoms with Gasteiger partial charge in [-0.1, -0.05) is 0 Å². The molecule has 96 valence electrons.